The lowest BCUT2D eigenvalue weighted by molar-refractivity contribution is 0.185. The highest BCUT2D eigenvalue weighted by Crippen LogP contribution is 2.27. The first kappa shape index (κ1) is 13.4. The van der Waals surface area contributed by atoms with Crippen molar-refractivity contribution < 1.29 is 4.74 Å². The van der Waals surface area contributed by atoms with Gasteiger partial charge in [-0.3, -0.25) is 4.57 Å². The zero-order valence-corrected chi connectivity index (χ0v) is 12.5. The fraction of sp³-hybridized carbons (Fsp3) is 0.133. The lowest BCUT2D eigenvalue weighted by Gasteiger charge is -2.10. The number of H-pyrrole nitrogens is 1. The van der Waals surface area contributed by atoms with E-state index in [2.05, 4.69) is 4.98 Å². The number of aromatic nitrogens is 2. The molecule has 0 spiro atoms. The van der Waals surface area contributed by atoms with Gasteiger partial charge in [0.05, 0.1) is 28.4 Å². The molecule has 3 aromatic rings. The zero-order chi connectivity index (χ0) is 14.1. The number of rotatable bonds is 3. The van der Waals surface area contributed by atoms with Crippen molar-refractivity contribution in [2.45, 2.75) is 6.61 Å². The van der Waals surface area contributed by atoms with Crippen molar-refractivity contribution >= 4 is 34.9 Å². The molecule has 0 aliphatic rings. The molecule has 0 atom stereocenters. The Morgan fingerprint density at radius 2 is 2.00 bits per heavy atom. The van der Waals surface area contributed by atoms with Gasteiger partial charge in [-0.15, -0.1) is 0 Å². The molecular formula is C15H13ClN2OS. The van der Waals surface area contributed by atoms with Gasteiger partial charge in [-0.05, 0) is 30.4 Å². The molecule has 3 nitrogen and oxygen atoms in total. The number of para-hydroxylation sites is 2. The summed E-state index contributed by atoms with van der Waals surface area (Å²) in [6.07, 6.45) is 0. The number of hydrogen-bond donors (Lipinski definition) is 1. The molecule has 0 saturated carbocycles. The summed E-state index contributed by atoms with van der Waals surface area (Å²) in [4.78, 5) is 3.17. The van der Waals surface area contributed by atoms with E-state index in [0.717, 1.165) is 22.3 Å². The standard InChI is InChI=1S/C15H13ClN2OS/c1-19-9-10-5-2-3-7-12(10)18-13-8-4-6-11(16)14(13)17-15(18)20/h2-8H,9H2,1H3,(H,17,20). The highest BCUT2D eigenvalue weighted by molar-refractivity contribution is 7.71. The summed E-state index contributed by atoms with van der Waals surface area (Å²) < 4.78 is 7.87. The van der Waals surface area contributed by atoms with Gasteiger partial charge >= 0.3 is 0 Å². The number of ether oxygens (including phenoxy) is 1. The summed E-state index contributed by atoms with van der Waals surface area (Å²) in [7, 11) is 1.68. The molecule has 0 bridgehead atoms. The first-order valence-corrected chi connectivity index (χ1v) is 6.97. The average Bonchev–Trinajstić information content (AvgIpc) is 2.78. The van der Waals surface area contributed by atoms with Gasteiger partial charge in [-0.1, -0.05) is 35.9 Å². The van der Waals surface area contributed by atoms with Gasteiger partial charge in [-0.2, -0.15) is 0 Å². The van der Waals surface area contributed by atoms with Crippen LogP contribution in [0.15, 0.2) is 42.5 Å². The predicted molar refractivity (Wildman–Crippen MR) is 84.2 cm³/mol. The molecule has 0 aliphatic heterocycles. The average molecular weight is 305 g/mol. The van der Waals surface area contributed by atoms with Crippen LogP contribution < -0.4 is 0 Å². The predicted octanol–water partition coefficient (Wildman–Crippen LogP) is 4.49. The van der Waals surface area contributed by atoms with E-state index in [1.54, 1.807) is 7.11 Å². The number of hydrogen-bond acceptors (Lipinski definition) is 2. The van der Waals surface area contributed by atoms with E-state index in [-0.39, 0.29) is 0 Å². The normalized spacial score (nSPS) is 11.1. The second-order valence-electron chi connectivity index (χ2n) is 4.46. The molecule has 0 fully saturated rings. The van der Waals surface area contributed by atoms with Crippen LogP contribution in [0.25, 0.3) is 16.7 Å². The second kappa shape index (κ2) is 5.40. The molecule has 1 N–H and O–H groups in total. The van der Waals surface area contributed by atoms with Crippen LogP contribution in [0.1, 0.15) is 5.56 Å². The number of nitrogens with one attached hydrogen (secondary N) is 1. The Morgan fingerprint density at radius 3 is 2.80 bits per heavy atom. The van der Waals surface area contributed by atoms with E-state index < -0.39 is 0 Å². The number of imidazole rings is 1. The van der Waals surface area contributed by atoms with E-state index in [4.69, 9.17) is 28.6 Å². The molecule has 1 heterocycles. The van der Waals surface area contributed by atoms with Crippen LogP contribution in [0.5, 0.6) is 0 Å². The molecule has 0 amide bonds. The highest BCUT2D eigenvalue weighted by Gasteiger charge is 2.11. The third-order valence-corrected chi connectivity index (χ3v) is 3.80. The number of halogens is 1. The van der Waals surface area contributed by atoms with E-state index >= 15 is 0 Å². The van der Waals surface area contributed by atoms with Crippen molar-refractivity contribution in [3.8, 4) is 5.69 Å². The van der Waals surface area contributed by atoms with Crippen LogP contribution in [0.2, 0.25) is 5.02 Å². The van der Waals surface area contributed by atoms with Gasteiger partial charge < -0.3 is 9.72 Å². The Hall–Kier alpha value is -1.62. The van der Waals surface area contributed by atoms with Crippen LogP contribution in [-0.2, 0) is 11.3 Å². The number of aromatic amines is 1. The van der Waals surface area contributed by atoms with Gasteiger partial charge in [-0.25, -0.2) is 0 Å². The second-order valence-corrected chi connectivity index (χ2v) is 5.26. The van der Waals surface area contributed by atoms with Crippen LogP contribution in [-0.4, -0.2) is 16.7 Å². The van der Waals surface area contributed by atoms with Crippen molar-refractivity contribution in [2.75, 3.05) is 7.11 Å². The SMILES string of the molecule is COCc1ccccc1-n1c(=S)[nH]c2c(Cl)cccc21. The molecule has 0 saturated heterocycles. The molecule has 102 valence electrons. The van der Waals surface area contributed by atoms with E-state index in [1.165, 1.54) is 0 Å². The maximum Gasteiger partial charge on any atom is 0.182 e. The monoisotopic (exact) mass is 304 g/mol. The third-order valence-electron chi connectivity index (χ3n) is 3.20. The fourth-order valence-electron chi connectivity index (χ4n) is 2.34. The lowest BCUT2D eigenvalue weighted by Crippen LogP contribution is -2.00. The first-order valence-electron chi connectivity index (χ1n) is 6.19. The van der Waals surface area contributed by atoms with Gasteiger partial charge in [0, 0.05) is 12.7 Å². The first-order chi connectivity index (χ1) is 9.72. The quantitative estimate of drug-likeness (QED) is 0.723. The van der Waals surface area contributed by atoms with Crippen LogP contribution in [0.4, 0.5) is 0 Å². The molecule has 5 heteroatoms. The van der Waals surface area contributed by atoms with Crippen LogP contribution in [0.3, 0.4) is 0 Å². The Bertz CT molecular complexity index is 822. The minimum Gasteiger partial charge on any atom is -0.380 e. The summed E-state index contributed by atoms with van der Waals surface area (Å²) in [5, 5.41) is 0.663. The third kappa shape index (κ3) is 2.16. The van der Waals surface area contributed by atoms with Crippen molar-refractivity contribution in [1.29, 1.82) is 0 Å². The van der Waals surface area contributed by atoms with E-state index in [9.17, 15) is 0 Å². The molecule has 20 heavy (non-hydrogen) atoms. The zero-order valence-electron chi connectivity index (χ0n) is 10.9. The van der Waals surface area contributed by atoms with E-state index in [0.29, 0.717) is 16.4 Å². The van der Waals surface area contributed by atoms with Crippen molar-refractivity contribution in [2.24, 2.45) is 0 Å². The molecule has 1 aromatic heterocycles. The van der Waals surface area contributed by atoms with Gasteiger partial charge in [0.15, 0.2) is 4.77 Å². The topological polar surface area (TPSA) is 29.9 Å². The Kier molecular flexibility index (Phi) is 3.61. The molecule has 0 unspecified atom stereocenters. The Labute approximate surface area is 126 Å². The molecular weight excluding hydrogens is 292 g/mol. The molecule has 2 aromatic carbocycles. The maximum atomic E-state index is 6.22. The highest BCUT2D eigenvalue weighted by atomic mass is 35.5. The van der Waals surface area contributed by atoms with Crippen LogP contribution >= 0.6 is 23.8 Å². The number of nitrogens with zero attached hydrogens (tertiary/aromatic N) is 1. The molecule has 3 rings (SSSR count). The minimum atomic E-state index is 0.533. The molecule has 0 aliphatic carbocycles. The van der Waals surface area contributed by atoms with Crippen LogP contribution in [0, 0.1) is 4.77 Å². The fourth-order valence-corrected chi connectivity index (χ4v) is 2.86. The summed E-state index contributed by atoms with van der Waals surface area (Å²) in [5.74, 6) is 0. The lowest BCUT2D eigenvalue weighted by atomic mass is 10.2. The minimum absolute atomic E-state index is 0.533. The summed E-state index contributed by atoms with van der Waals surface area (Å²) in [5.41, 5.74) is 3.90. The van der Waals surface area contributed by atoms with Gasteiger partial charge in [0.2, 0.25) is 0 Å². The smallest absolute Gasteiger partial charge is 0.182 e. The van der Waals surface area contributed by atoms with Crippen molar-refractivity contribution in [1.82, 2.24) is 9.55 Å². The molecule has 0 radical (unpaired) electrons. The van der Waals surface area contributed by atoms with E-state index in [1.807, 2.05) is 47.0 Å². The van der Waals surface area contributed by atoms with Gasteiger partial charge in [0.1, 0.15) is 0 Å². The van der Waals surface area contributed by atoms with Crippen molar-refractivity contribution in [3.63, 3.8) is 0 Å². The summed E-state index contributed by atoms with van der Waals surface area (Å²) in [6, 6.07) is 13.8. The maximum absolute atomic E-state index is 6.22. The van der Waals surface area contributed by atoms with Gasteiger partial charge in [0.25, 0.3) is 0 Å². The summed E-state index contributed by atoms with van der Waals surface area (Å²) in [6.45, 7) is 0.533. The number of methoxy groups -OCH3 is 1. The largest absolute Gasteiger partial charge is 0.380 e. The summed E-state index contributed by atoms with van der Waals surface area (Å²) >= 11 is 11.7. The number of fused-ring (bicyclic) bond motifs is 1. The number of benzene rings is 2. The Morgan fingerprint density at radius 1 is 1.20 bits per heavy atom. The van der Waals surface area contributed by atoms with Crippen molar-refractivity contribution in [3.05, 3.63) is 57.8 Å². The Balaban J connectivity index is 2.33.